The number of guanidine groups is 1. The maximum atomic E-state index is 12.0. The lowest BCUT2D eigenvalue weighted by atomic mass is 9.78. The summed E-state index contributed by atoms with van der Waals surface area (Å²) in [5.41, 5.74) is 2.92. The number of nitrogens with one attached hydrogen (secondary N) is 2. The van der Waals surface area contributed by atoms with Gasteiger partial charge in [-0.15, -0.1) is 0 Å². The molecule has 2 N–H and O–H groups in total. The van der Waals surface area contributed by atoms with Crippen LogP contribution in [0.15, 0.2) is 29.3 Å². The monoisotopic (exact) mass is 356 g/mol. The molecule has 1 aromatic carbocycles. The van der Waals surface area contributed by atoms with Crippen molar-refractivity contribution in [3.05, 3.63) is 35.4 Å². The Morgan fingerprint density at radius 1 is 1.23 bits per heavy atom. The Kier molecular flexibility index (Phi) is 6.92. The molecule has 2 aliphatic rings. The Morgan fingerprint density at radius 2 is 2.12 bits per heavy atom. The molecule has 0 aromatic heterocycles. The Bertz CT molecular complexity index is 628. The number of rotatable bonds is 7. The summed E-state index contributed by atoms with van der Waals surface area (Å²) in [6.45, 7) is 6.40. The van der Waals surface area contributed by atoms with Gasteiger partial charge in [-0.1, -0.05) is 30.7 Å². The van der Waals surface area contributed by atoms with Gasteiger partial charge in [-0.25, -0.2) is 0 Å². The van der Waals surface area contributed by atoms with Crippen LogP contribution in [0.25, 0.3) is 0 Å². The highest BCUT2D eigenvalue weighted by Crippen LogP contribution is 2.34. The average Bonchev–Trinajstić information content (AvgIpc) is 2.83. The molecule has 1 aliphatic heterocycles. The summed E-state index contributed by atoms with van der Waals surface area (Å²) >= 11 is 0. The van der Waals surface area contributed by atoms with Crippen LogP contribution in [0, 0.1) is 0 Å². The number of hydrogen-bond acceptors (Lipinski definition) is 2. The van der Waals surface area contributed by atoms with E-state index in [4.69, 9.17) is 4.99 Å². The van der Waals surface area contributed by atoms with Crippen molar-refractivity contribution in [1.82, 2.24) is 15.5 Å². The summed E-state index contributed by atoms with van der Waals surface area (Å²) in [5.74, 6) is 1.77. The number of carbonyl (C=O) groups excluding carboxylic acids is 1. The Hall–Kier alpha value is -2.04. The molecule has 5 heteroatoms. The normalized spacial score (nSPS) is 20.2. The van der Waals surface area contributed by atoms with Crippen molar-refractivity contribution in [3.63, 3.8) is 0 Å². The zero-order valence-corrected chi connectivity index (χ0v) is 16.0. The number of hydrogen-bond donors (Lipinski definition) is 2. The molecule has 1 saturated heterocycles. The molecule has 26 heavy (non-hydrogen) atoms. The Balaban J connectivity index is 1.41. The molecule has 1 atom stereocenters. The largest absolute Gasteiger partial charge is 0.357 e. The van der Waals surface area contributed by atoms with Crippen molar-refractivity contribution in [2.24, 2.45) is 4.99 Å². The molecule has 1 amide bonds. The molecule has 5 nitrogen and oxygen atoms in total. The second-order valence-corrected chi connectivity index (χ2v) is 7.29. The topological polar surface area (TPSA) is 56.7 Å². The fourth-order valence-corrected chi connectivity index (χ4v) is 3.82. The van der Waals surface area contributed by atoms with Crippen LogP contribution in [0.2, 0.25) is 0 Å². The molecule has 0 radical (unpaired) electrons. The summed E-state index contributed by atoms with van der Waals surface area (Å²) in [7, 11) is 0. The minimum absolute atomic E-state index is 0.326. The molecule has 1 aromatic rings. The van der Waals surface area contributed by atoms with Crippen LogP contribution in [0.3, 0.4) is 0 Å². The highest BCUT2D eigenvalue weighted by molar-refractivity contribution is 5.79. The molecule has 0 bridgehead atoms. The van der Waals surface area contributed by atoms with Gasteiger partial charge in [-0.2, -0.15) is 0 Å². The van der Waals surface area contributed by atoms with E-state index in [0.29, 0.717) is 11.8 Å². The number of benzene rings is 1. The van der Waals surface area contributed by atoms with Crippen LogP contribution in [-0.4, -0.2) is 49.5 Å². The van der Waals surface area contributed by atoms with Gasteiger partial charge in [0, 0.05) is 45.1 Å². The third kappa shape index (κ3) is 4.99. The zero-order valence-electron chi connectivity index (χ0n) is 16.0. The van der Waals surface area contributed by atoms with E-state index in [0.717, 1.165) is 70.8 Å². The summed E-state index contributed by atoms with van der Waals surface area (Å²) < 4.78 is 0. The van der Waals surface area contributed by atoms with Crippen molar-refractivity contribution in [3.8, 4) is 0 Å². The van der Waals surface area contributed by atoms with Crippen LogP contribution >= 0.6 is 0 Å². The highest BCUT2D eigenvalue weighted by atomic mass is 16.2. The van der Waals surface area contributed by atoms with Crippen LogP contribution in [0.5, 0.6) is 0 Å². The van der Waals surface area contributed by atoms with Crippen LogP contribution in [0.4, 0.5) is 0 Å². The summed E-state index contributed by atoms with van der Waals surface area (Å²) in [4.78, 5) is 18.8. The minimum atomic E-state index is 0.326. The van der Waals surface area contributed by atoms with Gasteiger partial charge >= 0.3 is 0 Å². The van der Waals surface area contributed by atoms with Gasteiger partial charge in [0.1, 0.15) is 0 Å². The molecule has 142 valence electrons. The lowest BCUT2D eigenvalue weighted by molar-refractivity contribution is -0.130. The summed E-state index contributed by atoms with van der Waals surface area (Å²) in [5, 5.41) is 6.74. The van der Waals surface area contributed by atoms with E-state index in [2.05, 4.69) is 41.8 Å². The second kappa shape index (κ2) is 9.60. The first kappa shape index (κ1) is 18.7. The maximum Gasteiger partial charge on any atom is 0.222 e. The molecule has 3 rings (SSSR count). The third-order valence-electron chi connectivity index (χ3n) is 5.34. The standard InChI is InChI=1S/C21H32N4O/c1-2-22-21(24-16-18-15-17-9-5-6-10-19(17)18)23-12-8-14-25-13-7-3-4-11-20(25)26/h5-6,9-10,18H,2-4,7-8,11-16H2,1H3,(H2,22,23,24). The molecule has 1 fully saturated rings. The first-order chi connectivity index (χ1) is 12.8. The zero-order chi connectivity index (χ0) is 18.2. The first-order valence-corrected chi connectivity index (χ1v) is 10.2. The van der Waals surface area contributed by atoms with E-state index in [9.17, 15) is 4.79 Å². The predicted octanol–water partition coefficient (Wildman–Crippen LogP) is 2.67. The average molecular weight is 357 g/mol. The quantitative estimate of drug-likeness (QED) is 0.449. The highest BCUT2D eigenvalue weighted by Gasteiger charge is 2.24. The van der Waals surface area contributed by atoms with Gasteiger partial charge in [-0.3, -0.25) is 9.79 Å². The van der Waals surface area contributed by atoms with Crippen molar-refractivity contribution in [1.29, 1.82) is 0 Å². The van der Waals surface area contributed by atoms with E-state index < -0.39 is 0 Å². The van der Waals surface area contributed by atoms with Gasteiger partial charge in [0.2, 0.25) is 5.91 Å². The number of nitrogens with zero attached hydrogens (tertiary/aromatic N) is 2. The SMILES string of the molecule is CCNC(=NCC1Cc2ccccc21)NCCCN1CCCCCC1=O. The van der Waals surface area contributed by atoms with E-state index in [1.165, 1.54) is 17.5 Å². The van der Waals surface area contributed by atoms with Gasteiger partial charge in [-0.05, 0) is 43.7 Å². The molecule has 0 saturated carbocycles. The lowest BCUT2D eigenvalue weighted by Gasteiger charge is -2.29. The van der Waals surface area contributed by atoms with E-state index >= 15 is 0 Å². The molecule has 1 unspecified atom stereocenters. The van der Waals surface area contributed by atoms with Crippen LogP contribution < -0.4 is 10.6 Å². The number of likely N-dealkylation sites (tertiary alicyclic amines) is 1. The van der Waals surface area contributed by atoms with E-state index in [1.54, 1.807) is 0 Å². The third-order valence-corrected chi connectivity index (χ3v) is 5.34. The number of carbonyl (C=O) groups is 1. The van der Waals surface area contributed by atoms with Crippen molar-refractivity contribution in [2.75, 3.05) is 32.7 Å². The van der Waals surface area contributed by atoms with Gasteiger partial charge in [0.05, 0.1) is 0 Å². The first-order valence-electron chi connectivity index (χ1n) is 10.2. The van der Waals surface area contributed by atoms with Gasteiger partial charge in [0.25, 0.3) is 0 Å². The van der Waals surface area contributed by atoms with Crippen molar-refractivity contribution in [2.45, 2.75) is 51.4 Å². The predicted molar refractivity (Wildman–Crippen MR) is 107 cm³/mol. The Morgan fingerprint density at radius 3 is 2.96 bits per heavy atom. The summed E-state index contributed by atoms with van der Waals surface area (Å²) in [6, 6.07) is 8.65. The van der Waals surface area contributed by atoms with E-state index in [-0.39, 0.29) is 0 Å². The Labute approximate surface area is 157 Å². The van der Waals surface area contributed by atoms with Crippen molar-refractivity contribution >= 4 is 11.9 Å². The number of fused-ring (bicyclic) bond motifs is 1. The van der Waals surface area contributed by atoms with Gasteiger partial charge in [0.15, 0.2) is 5.96 Å². The molecule has 0 spiro atoms. The minimum Gasteiger partial charge on any atom is -0.357 e. The van der Waals surface area contributed by atoms with Crippen molar-refractivity contribution < 1.29 is 4.79 Å². The van der Waals surface area contributed by atoms with Crippen LogP contribution in [-0.2, 0) is 11.2 Å². The summed E-state index contributed by atoms with van der Waals surface area (Å²) in [6.07, 6.45) is 6.20. The molecule has 1 aliphatic carbocycles. The molecular formula is C21H32N4O. The fourth-order valence-electron chi connectivity index (χ4n) is 3.82. The lowest BCUT2D eigenvalue weighted by Crippen LogP contribution is -2.40. The maximum absolute atomic E-state index is 12.0. The van der Waals surface area contributed by atoms with E-state index in [1.807, 2.05) is 4.90 Å². The number of amides is 1. The molecular weight excluding hydrogens is 324 g/mol. The second-order valence-electron chi connectivity index (χ2n) is 7.29. The van der Waals surface area contributed by atoms with Gasteiger partial charge < -0.3 is 15.5 Å². The number of aliphatic imine (C=N–C) groups is 1. The smallest absolute Gasteiger partial charge is 0.222 e. The fraction of sp³-hybridized carbons (Fsp3) is 0.619. The molecule has 1 heterocycles. The van der Waals surface area contributed by atoms with Crippen LogP contribution in [0.1, 0.15) is 56.1 Å².